The van der Waals surface area contributed by atoms with Crippen molar-refractivity contribution in [3.05, 3.63) is 0 Å². The van der Waals surface area contributed by atoms with Crippen molar-refractivity contribution in [3.8, 4) is 0 Å². The second kappa shape index (κ2) is 3.97. The van der Waals surface area contributed by atoms with E-state index in [1.54, 1.807) is 13.8 Å². The first-order chi connectivity index (χ1) is 8.13. The van der Waals surface area contributed by atoms with E-state index in [1.165, 1.54) is 12.8 Å². The van der Waals surface area contributed by atoms with Gasteiger partial charge < -0.3 is 10.2 Å². The molecule has 1 atom stereocenters. The number of piperazine rings is 1. The highest BCUT2D eigenvalue weighted by molar-refractivity contribution is 5.99. The first kappa shape index (κ1) is 13.4. The standard InChI is InChI=1S/C14H24N2O2/c1-13(2,3)10-11(17)15-14(4,5)12(18)16(10)8-9-6-7-9/h9-10H,6-8H2,1-5H3,(H,15,17). The zero-order valence-electron chi connectivity index (χ0n) is 12.0. The van der Waals surface area contributed by atoms with Gasteiger partial charge in [0.05, 0.1) is 0 Å². The third kappa shape index (κ3) is 2.38. The summed E-state index contributed by atoms with van der Waals surface area (Å²) in [7, 11) is 0. The summed E-state index contributed by atoms with van der Waals surface area (Å²) in [4.78, 5) is 26.6. The Morgan fingerprint density at radius 3 is 2.28 bits per heavy atom. The summed E-state index contributed by atoms with van der Waals surface area (Å²) < 4.78 is 0. The molecule has 1 heterocycles. The summed E-state index contributed by atoms with van der Waals surface area (Å²) in [5.41, 5.74) is -1.00. The topological polar surface area (TPSA) is 49.4 Å². The predicted molar refractivity (Wildman–Crippen MR) is 69.9 cm³/mol. The van der Waals surface area contributed by atoms with E-state index >= 15 is 0 Å². The molecular formula is C14H24N2O2. The number of carbonyl (C=O) groups is 2. The Morgan fingerprint density at radius 1 is 1.28 bits per heavy atom. The first-order valence-corrected chi connectivity index (χ1v) is 6.76. The maximum Gasteiger partial charge on any atom is 0.248 e. The normalized spacial score (nSPS) is 28.3. The van der Waals surface area contributed by atoms with Gasteiger partial charge in [-0.1, -0.05) is 20.8 Å². The Kier molecular flexibility index (Phi) is 2.95. The minimum atomic E-state index is -0.770. The van der Waals surface area contributed by atoms with E-state index < -0.39 is 5.54 Å². The zero-order valence-corrected chi connectivity index (χ0v) is 12.0. The summed E-state index contributed by atoms with van der Waals surface area (Å²) in [6, 6.07) is -0.348. The average molecular weight is 252 g/mol. The van der Waals surface area contributed by atoms with Crippen molar-refractivity contribution in [1.82, 2.24) is 10.2 Å². The number of nitrogens with one attached hydrogen (secondary N) is 1. The second-order valence-corrected chi connectivity index (χ2v) is 7.28. The second-order valence-electron chi connectivity index (χ2n) is 7.28. The minimum absolute atomic E-state index is 0.0206. The lowest BCUT2D eigenvalue weighted by Gasteiger charge is -2.47. The van der Waals surface area contributed by atoms with Crippen molar-refractivity contribution in [2.24, 2.45) is 11.3 Å². The monoisotopic (exact) mass is 252 g/mol. The van der Waals surface area contributed by atoms with Gasteiger partial charge in [0.1, 0.15) is 11.6 Å². The molecule has 0 aromatic carbocycles. The summed E-state index contributed by atoms with van der Waals surface area (Å²) >= 11 is 0. The van der Waals surface area contributed by atoms with Gasteiger partial charge in [0.15, 0.2) is 0 Å². The van der Waals surface area contributed by atoms with Crippen molar-refractivity contribution in [2.75, 3.05) is 6.54 Å². The van der Waals surface area contributed by atoms with Crippen molar-refractivity contribution < 1.29 is 9.59 Å². The van der Waals surface area contributed by atoms with Crippen LogP contribution in [0.15, 0.2) is 0 Å². The number of rotatable bonds is 2. The van der Waals surface area contributed by atoms with Gasteiger partial charge >= 0.3 is 0 Å². The largest absolute Gasteiger partial charge is 0.340 e. The van der Waals surface area contributed by atoms with E-state index in [2.05, 4.69) is 5.32 Å². The molecule has 0 bridgehead atoms. The molecule has 18 heavy (non-hydrogen) atoms. The smallest absolute Gasteiger partial charge is 0.248 e. The van der Waals surface area contributed by atoms with Crippen LogP contribution in [0.25, 0.3) is 0 Å². The summed E-state index contributed by atoms with van der Waals surface area (Å²) in [5.74, 6) is 0.627. The molecule has 1 N–H and O–H groups in total. The van der Waals surface area contributed by atoms with Gasteiger partial charge in [0.25, 0.3) is 0 Å². The molecular weight excluding hydrogens is 228 g/mol. The zero-order chi connectivity index (χ0) is 13.7. The van der Waals surface area contributed by atoms with Crippen LogP contribution in [-0.4, -0.2) is 34.8 Å². The van der Waals surface area contributed by atoms with Gasteiger partial charge in [-0.25, -0.2) is 0 Å². The molecule has 0 radical (unpaired) electrons. The number of hydrogen-bond acceptors (Lipinski definition) is 2. The Morgan fingerprint density at radius 2 is 1.83 bits per heavy atom. The number of hydrogen-bond donors (Lipinski definition) is 1. The Hall–Kier alpha value is -1.06. The van der Waals surface area contributed by atoms with E-state index in [0.717, 1.165) is 6.54 Å². The highest BCUT2D eigenvalue weighted by atomic mass is 16.2. The van der Waals surface area contributed by atoms with Crippen molar-refractivity contribution >= 4 is 11.8 Å². The molecule has 2 aliphatic rings. The molecule has 0 spiro atoms. The van der Waals surface area contributed by atoms with Crippen LogP contribution >= 0.6 is 0 Å². The van der Waals surface area contributed by atoms with Crippen molar-refractivity contribution in [2.45, 2.75) is 59.0 Å². The van der Waals surface area contributed by atoms with Gasteiger partial charge in [0.2, 0.25) is 11.8 Å². The molecule has 2 rings (SSSR count). The molecule has 1 saturated carbocycles. The lowest BCUT2D eigenvalue weighted by atomic mass is 9.81. The van der Waals surface area contributed by atoms with Crippen LogP contribution in [0.3, 0.4) is 0 Å². The van der Waals surface area contributed by atoms with Crippen LogP contribution in [-0.2, 0) is 9.59 Å². The SMILES string of the molecule is CC1(C)NC(=O)C(C(C)(C)C)N(CC2CC2)C1=O. The number of nitrogens with zero attached hydrogens (tertiary/aromatic N) is 1. The fourth-order valence-electron chi connectivity index (χ4n) is 2.68. The van der Waals surface area contributed by atoms with Crippen molar-refractivity contribution in [3.63, 3.8) is 0 Å². The van der Waals surface area contributed by atoms with Crippen molar-refractivity contribution in [1.29, 1.82) is 0 Å². The molecule has 4 nitrogen and oxygen atoms in total. The van der Waals surface area contributed by atoms with Crippen LogP contribution < -0.4 is 5.32 Å². The van der Waals surface area contributed by atoms with Gasteiger partial charge in [-0.2, -0.15) is 0 Å². The maximum absolute atomic E-state index is 12.5. The molecule has 2 fully saturated rings. The Bertz CT molecular complexity index is 378. The highest BCUT2D eigenvalue weighted by Crippen LogP contribution is 2.36. The van der Waals surface area contributed by atoms with Crippen LogP contribution in [0.4, 0.5) is 0 Å². The summed E-state index contributed by atoms with van der Waals surface area (Å²) in [6.45, 7) is 10.4. The molecule has 102 valence electrons. The molecule has 2 amide bonds. The quantitative estimate of drug-likeness (QED) is 0.810. The average Bonchev–Trinajstić information content (AvgIpc) is 2.94. The van der Waals surface area contributed by atoms with E-state index in [4.69, 9.17) is 0 Å². The third-order valence-corrected chi connectivity index (χ3v) is 3.76. The third-order valence-electron chi connectivity index (χ3n) is 3.76. The lowest BCUT2D eigenvalue weighted by Crippen LogP contribution is -2.70. The lowest BCUT2D eigenvalue weighted by molar-refractivity contribution is -0.158. The molecule has 0 aromatic heterocycles. The number of amides is 2. The highest BCUT2D eigenvalue weighted by Gasteiger charge is 2.50. The molecule has 4 heteroatoms. The Labute approximate surface area is 109 Å². The van der Waals surface area contributed by atoms with Gasteiger partial charge in [-0.15, -0.1) is 0 Å². The van der Waals surface area contributed by atoms with Crippen LogP contribution in [0.2, 0.25) is 0 Å². The summed E-state index contributed by atoms with van der Waals surface area (Å²) in [5, 5.41) is 2.86. The van der Waals surface area contributed by atoms with E-state index in [9.17, 15) is 9.59 Å². The van der Waals surface area contributed by atoms with Crippen LogP contribution in [0, 0.1) is 11.3 Å². The van der Waals surface area contributed by atoms with Gasteiger partial charge in [-0.3, -0.25) is 9.59 Å². The maximum atomic E-state index is 12.5. The predicted octanol–water partition coefficient (Wildman–Crippen LogP) is 1.55. The van der Waals surface area contributed by atoms with E-state index in [0.29, 0.717) is 5.92 Å². The molecule has 1 unspecified atom stereocenters. The molecule has 1 aliphatic heterocycles. The van der Waals surface area contributed by atoms with Crippen LogP contribution in [0.5, 0.6) is 0 Å². The van der Waals surface area contributed by atoms with E-state index in [-0.39, 0.29) is 23.3 Å². The van der Waals surface area contributed by atoms with E-state index in [1.807, 2.05) is 25.7 Å². The molecule has 1 aliphatic carbocycles. The Balaban J connectivity index is 2.30. The first-order valence-electron chi connectivity index (χ1n) is 6.76. The molecule has 1 saturated heterocycles. The summed E-state index contributed by atoms with van der Waals surface area (Å²) in [6.07, 6.45) is 2.37. The fraction of sp³-hybridized carbons (Fsp3) is 0.857. The van der Waals surface area contributed by atoms with Crippen LogP contribution in [0.1, 0.15) is 47.5 Å². The van der Waals surface area contributed by atoms with Gasteiger partial charge in [0, 0.05) is 6.54 Å². The molecule has 0 aromatic rings. The van der Waals surface area contributed by atoms with Gasteiger partial charge in [-0.05, 0) is 38.0 Å². The minimum Gasteiger partial charge on any atom is -0.340 e. The fourth-order valence-corrected chi connectivity index (χ4v) is 2.68. The number of carbonyl (C=O) groups excluding carboxylic acids is 2.